The van der Waals surface area contributed by atoms with Crippen molar-refractivity contribution < 1.29 is 24.2 Å². The maximum absolute atomic E-state index is 13.1. The minimum absolute atomic E-state index is 0.0160. The van der Waals surface area contributed by atoms with Gasteiger partial charge in [0.1, 0.15) is 23.7 Å². The van der Waals surface area contributed by atoms with E-state index in [1.54, 1.807) is 29.2 Å². The first-order valence-corrected chi connectivity index (χ1v) is 9.19. The van der Waals surface area contributed by atoms with Gasteiger partial charge in [0.2, 0.25) is 0 Å². The van der Waals surface area contributed by atoms with Crippen LogP contribution in [0.1, 0.15) is 22.0 Å². The average molecular weight is 389 g/mol. The van der Waals surface area contributed by atoms with E-state index in [0.717, 1.165) is 5.56 Å². The van der Waals surface area contributed by atoms with Crippen LogP contribution < -0.4 is 9.64 Å². The number of esters is 1. The fourth-order valence-electron chi connectivity index (χ4n) is 3.34. The van der Waals surface area contributed by atoms with Gasteiger partial charge in [-0.05, 0) is 29.8 Å². The zero-order chi connectivity index (χ0) is 20.2. The van der Waals surface area contributed by atoms with Crippen LogP contribution in [0.3, 0.4) is 0 Å². The van der Waals surface area contributed by atoms with Crippen molar-refractivity contribution in [3.63, 3.8) is 0 Å². The number of rotatable bonds is 4. The number of benzene rings is 3. The number of carbonyl (C=O) groups is 2. The summed E-state index contributed by atoms with van der Waals surface area (Å²) in [6, 6.07) is 22.5. The monoisotopic (exact) mass is 389 g/mol. The molecule has 0 fully saturated rings. The van der Waals surface area contributed by atoms with E-state index >= 15 is 0 Å². The molecule has 4 rings (SSSR count). The van der Waals surface area contributed by atoms with E-state index in [-0.39, 0.29) is 23.3 Å². The van der Waals surface area contributed by atoms with Gasteiger partial charge < -0.3 is 14.6 Å². The molecule has 0 saturated carbocycles. The zero-order valence-corrected chi connectivity index (χ0v) is 15.5. The molecule has 0 aliphatic carbocycles. The fraction of sp³-hybridized carbons (Fsp3) is 0.130. The second-order valence-electron chi connectivity index (χ2n) is 6.56. The quantitative estimate of drug-likeness (QED) is 0.689. The number of fused-ring (bicyclic) bond motifs is 1. The molecule has 6 nitrogen and oxygen atoms in total. The smallest absolute Gasteiger partial charge is 0.342 e. The summed E-state index contributed by atoms with van der Waals surface area (Å²) in [5, 5.41) is 9.80. The highest BCUT2D eigenvalue weighted by Crippen LogP contribution is 2.39. The number of hydrogen-bond acceptors (Lipinski definition) is 5. The van der Waals surface area contributed by atoms with Crippen LogP contribution in [0.2, 0.25) is 0 Å². The van der Waals surface area contributed by atoms with E-state index in [4.69, 9.17) is 9.47 Å². The van der Waals surface area contributed by atoms with Crippen LogP contribution in [0.25, 0.3) is 0 Å². The highest BCUT2D eigenvalue weighted by atomic mass is 16.5. The molecule has 3 aromatic carbocycles. The molecule has 3 aromatic rings. The largest absolute Gasteiger partial charge is 0.507 e. The van der Waals surface area contributed by atoms with Gasteiger partial charge in [-0.25, -0.2) is 4.79 Å². The first kappa shape index (κ1) is 18.6. The average Bonchev–Trinajstić information content (AvgIpc) is 2.77. The van der Waals surface area contributed by atoms with Crippen molar-refractivity contribution in [3.8, 4) is 11.5 Å². The van der Waals surface area contributed by atoms with Crippen molar-refractivity contribution in [2.45, 2.75) is 6.04 Å². The molecular formula is C23H19NO5. The van der Waals surface area contributed by atoms with Gasteiger partial charge in [0.15, 0.2) is 6.61 Å². The number of anilines is 1. The first-order chi connectivity index (χ1) is 14.1. The van der Waals surface area contributed by atoms with Crippen LogP contribution in [0, 0.1) is 0 Å². The number of carbonyl (C=O) groups excluding carboxylic acids is 2. The van der Waals surface area contributed by atoms with Crippen molar-refractivity contribution in [2.24, 2.45) is 0 Å². The number of amides is 1. The molecule has 29 heavy (non-hydrogen) atoms. The molecule has 0 spiro atoms. The van der Waals surface area contributed by atoms with Gasteiger partial charge in [0, 0.05) is 0 Å². The summed E-state index contributed by atoms with van der Waals surface area (Å²) in [5.74, 6) is -0.725. The van der Waals surface area contributed by atoms with Gasteiger partial charge in [-0.2, -0.15) is 0 Å². The molecule has 0 bridgehead atoms. The summed E-state index contributed by atoms with van der Waals surface area (Å²) in [5.41, 5.74) is 1.56. The molecule has 0 aromatic heterocycles. The lowest BCUT2D eigenvalue weighted by atomic mass is 10.0. The number of hydrogen-bond donors (Lipinski definition) is 1. The molecule has 0 saturated heterocycles. The summed E-state index contributed by atoms with van der Waals surface area (Å²) >= 11 is 0. The number of para-hydroxylation sites is 3. The van der Waals surface area contributed by atoms with E-state index in [1.165, 1.54) is 12.1 Å². The van der Waals surface area contributed by atoms with E-state index in [2.05, 4.69) is 0 Å². The SMILES string of the molecule is O=C(OCC(=O)N1c2ccccc2OC[C@H]1c1ccccc1)c1ccccc1O. The number of phenolic OH excluding ortho intramolecular Hbond substituents is 1. The minimum atomic E-state index is -0.755. The number of aromatic hydroxyl groups is 1. The third-order valence-corrected chi connectivity index (χ3v) is 4.74. The van der Waals surface area contributed by atoms with E-state index in [1.807, 2.05) is 42.5 Å². The number of nitrogens with zero attached hydrogens (tertiary/aromatic N) is 1. The summed E-state index contributed by atoms with van der Waals surface area (Å²) in [7, 11) is 0. The van der Waals surface area contributed by atoms with Crippen LogP contribution in [-0.2, 0) is 9.53 Å². The minimum Gasteiger partial charge on any atom is -0.507 e. The third-order valence-electron chi connectivity index (χ3n) is 4.74. The molecule has 1 aliphatic heterocycles. The second kappa shape index (κ2) is 8.06. The van der Waals surface area contributed by atoms with Gasteiger partial charge in [-0.3, -0.25) is 9.69 Å². The zero-order valence-electron chi connectivity index (χ0n) is 15.5. The lowest BCUT2D eigenvalue weighted by molar-refractivity contribution is -0.122. The maximum atomic E-state index is 13.1. The van der Waals surface area contributed by atoms with Crippen LogP contribution in [0.5, 0.6) is 11.5 Å². The molecule has 1 N–H and O–H groups in total. The van der Waals surface area contributed by atoms with Crippen molar-refractivity contribution in [1.29, 1.82) is 0 Å². The molecule has 0 radical (unpaired) electrons. The Hall–Kier alpha value is -3.80. The molecule has 6 heteroatoms. The van der Waals surface area contributed by atoms with Crippen molar-refractivity contribution in [3.05, 3.63) is 90.0 Å². The lowest BCUT2D eigenvalue weighted by Crippen LogP contribution is -2.43. The predicted molar refractivity (Wildman–Crippen MR) is 107 cm³/mol. The molecule has 0 unspecified atom stereocenters. The Morgan fingerprint density at radius 1 is 0.966 bits per heavy atom. The Labute approximate surface area is 167 Å². The van der Waals surface area contributed by atoms with E-state index < -0.39 is 12.6 Å². The summed E-state index contributed by atoms with van der Waals surface area (Å²) in [6.45, 7) is -0.162. The molecular weight excluding hydrogens is 370 g/mol. The van der Waals surface area contributed by atoms with E-state index in [9.17, 15) is 14.7 Å². The summed E-state index contributed by atoms with van der Waals surface area (Å²) in [4.78, 5) is 27.0. The fourth-order valence-corrected chi connectivity index (χ4v) is 3.34. The Balaban J connectivity index is 1.58. The Morgan fingerprint density at radius 2 is 1.66 bits per heavy atom. The second-order valence-corrected chi connectivity index (χ2v) is 6.56. The van der Waals surface area contributed by atoms with Crippen LogP contribution in [0.4, 0.5) is 5.69 Å². The Bertz CT molecular complexity index is 1030. The van der Waals surface area contributed by atoms with Gasteiger partial charge >= 0.3 is 5.97 Å². The number of phenols is 1. The molecule has 1 aliphatic rings. The Kier molecular flexibility index (Phi) is 5.16. The molecule has 1 amide bonds. The highest BCUT2D eigenvalue weighted by Gasteiger charge is 2.33. The molecule has 1 atom stereocenters. The number of ether oxygens (including phenoxy) is 2. The van der Waals surface area contributed by atoms with E-state index in [0.29, 0.717) is 18.0 Å². The normalized spacial score (nSPS) is 15.2. The summed E-state index contributed by atoms with van der Waals surface area (Å²) < 4.78 is 11.0. The molecule has 1 heterocycles. The van der Waals surface area contributed by atoms with Crippen molar-refractivity contribution in [2.75, 3.05) is 18.1 Å². The predicted octanol–water partition coefficient (Wildman–Crippen LogP) is 3.72. The van der Waals surface area contributed by atoms with Crippen LogP contribution in [-0.4, -0.2) is 30.2 Å². The van der Waals surface area contributed by atoms with Crippen LogP contribution in [0.15, 0.2) is 78.9 Å². The lowest BCUT2D eigenvalue weighted by Gasteiger charge is -2.37. The van der Waals surface area contributed by atoms with Crippen molar-refractivity contribution >= 4 is 17.6 Å². The van der Waals surface area contributed by atoms with Gasteiger partial charge in [-0.15, -0.1) is 0 Å². The van der Waals surface area contributed by atoms with Crippen LogP contribution >= 0.6 is 0 Å². The van der Waals surface area contributed by atoms with Gasteiger partial charge in [0.05, 0.1) is 11.7 Å². The third kappa shape index (κ3) is 3.78. The first-order valence-electron chi connectivity index (χ1n) is 9.19. The Morgan fingerprint density at radius 3 is 2.45 bits per heavy atom. The summed E-state index contributed by atoms with van der Waals surface area (Å²) in [6.07, 6.45) is 0. The topological polar surface area (TPSA) is 76.1 Å². The molecule has 146 valence electrons. The highest BCUT2D eigenvalue weighted by molar-refractivity contribution is 5.99. The van der Waals surface area contributed by atoms with Gasteiger partial charge in [0.25, 0.3) is 5.91 Å². The maximum Gasteiger partial charge on any atom is 0.342 e. The standard InChI is InChI=1S/C23H19NO5/c25-20-12-6-4-10-17(20)23(27)29-15-22(26)24-18-11-5-7-13-21(18)28-14-19(24)16-8-2-1-3-9-16/h1-13,19,25H,14-15H2/t19-/m0/s1. The van der Waals surface area contributed by atoms with Gasteiger partial charge in [-0.1, -0.05) is 54.6 Å². The van der Waals surface area contributed by atoms with Crippen molar-refractivity contribution in [1.82, 2.24) is 0 Å².